The standard InChI is InChI=1S/C14H17BrN2O/c1-9(2)13-10(3)16-17(14(13)18)8-11-5-4-6-12(15)7-11/h4-7,9,13H,8H2,1-3H3. The van der Waals surface area contributed by atoms with Crippen molar-refractivity contribution in [2.75, 3.05) is 0 Å². The van der Waals surface area contributed by atoms with Gasteiger partial charge in [-0.1, -0.05) is 41.9 Å². The molecule has 1 aliphatic rings. The Bertz CT molecular complexity index is 496. The van der Waals surface area contributed by atoms with Crippen LogP contribution in [0, 0.1) is 11.8 Å². The summed E-state index contributed by atoms with van der Waals surface area (Å²) in [6, 6.07) is 7.96. The molecule has 1 unspecified atom stereocenters. The van der Waals surface area contributed by atoms with Crippen LogP contribution in [0.2, 0.25) is 0 Å². The molecule has 0 radical (unpaired) electrons. The number of nitrogens with zero attached hydrogens (tertiary/aromatic N) is 2. The SMILES string of the molecule is CC1=NN(Cc2cccc(Br)c2)C(=O)C1C(C)C. The van der Waals surface area contributed by atoms with Crippen LogP contribution in [0.5, 0.6) is 0 Å². The molecule has 4 heteroatoms. The van der Waals surface area contributed by atoms with Crippen molar-refractivity contribution in [2.24, 2.45) is 16.9 Å². The van der Waals surface area contributed by atoms with E-state index in [1.807, 2.05) is 31.2 Å². The minimum Gasteiger partial charge on any atom is -0.272 e. The van der Waals surface area contributed by atoms with Crippen LogP contribution in [0.3, 0.4) is 0 Å². The monoisotopic (exact) mass is 308 g/mol. The van der Waals surface area contributed by atoms with Crippen molar-refractivity contribution in [1.29, 1.82) is 0 Å². The molecule has 1 amide bonds. The molecule has 0 spiro atoms. The number of hydrogen-bond donors (Lipinski definition) is 0. The van der Waals surface area contributed by atoms with E-state index in [0.29, 0.717) is 12.5 Å². The number of amides is 1. The molecule has 1 aromatic rings. The van der Waals surface area contributed by atoms with Gasteiger partial charge >= 0.3 is 0 Å². The Labute approximate surface area is 116 Å². The highest BCUT2D eigenvalue weighted by molar-refractivity contribution is 9.10. The fourth-order valence-corrected chi connectivity index (χ4v) is 2.78. The summed E-state index contributed by atoms with van der Waals surface area (Å²) in [4.78, 5) is 12.2. The molecule has 2 rings (SSSR count). The highest BCUT2D eigenvalue weighted by atomic mass is 79.9. The zero-order chi connectivity index (χ0) is 13.3. The van der Waals surface area contributed by atoms with E-state index in [2.05, 4.69) is 34.9 Å². The van der Waals surface area contributed by atoms with Gasteiger partial charge in [-0.05, 0) is 30.5 Å². The van der Waals surface area contributed by atoms with Gasteiger partial charge in [0.25, 0.3) is 5.91 Å². The molecule has 0 fully saturated rings. The Morgan fingerprint density at radius 2 is 2.17 bits per heavy atom. The van der Waals surface area contributed by atoms with Crippen molar-refractivity contribution in [3.8, 4) is 0 Å². The first-order chi connectivity index (χ1) is 8.49. The first-order valence-corrected chi connectivity index (χ1v) is 6.89. The molecule has 0 aromatic heterocycles. The van der Waals surface area contributed by atoms with E-state index in [4.69, 9.17) is 0 Å². The van der Waals surface area contributed by atoms with Gasteiger partial charge in [0, 0.05) is 10.2 Å². The van der Waals surface area contributed by atoms with E-state index in [1.54, 1.807) is 5.01 Å². The van der Waals surface area contributed by atoms with Crippen molar-refractivity contribution in [3.05, 3.63) is 34.3 Å². The van der Waals surface area contributed by atoms with Gasteiger partial charge in [-0.25, -0.2) is 5.01 Å². The fraction of sp³-hybridized carbons (Fsp3) is 0.429. The minimum atomic E-state index is -0.0582. The molecule has 18 heavy (non-hydrogen) atoms. The predicted octanol–water partition coefficient (Wildman–Crippen LogP) is 3.44. The molecule has 0 saturated carbocycles. The Morgan fingerprint density at radius 1 is 1.44 bits per heavy atom. The number of hydrazone groups is 1. The largest absolute Gasteiger partial charge is 0.272 e. The highest BCUT2D eigenvalue weighted by Crippen LogP contribution is 2.25. The van der Waals surface area contributed by atoms with Gasteiger partial charge in [-0.3, -0.25) is 4.79 Å². The summed E-state index contributed by atoms with van der Waals surface area (Å²) in [5, 5.41) is 5.97. The van der Waals surface area contributed by atoms with Gasteiger partial charge in [-0.2, -0.15) is 5.10 Å². The lowest BCUT2D eigenvalue weighted by Gasteiger charge is -2.16. The van der Waals surface area contributed by atoms with Crippen molar-refractivity contribution >= 4 is 27.5 Å². The van der Waals surface area contributed by atoms with Gasteiger partial charge in [-0.15, -0.1) is 0 Å². The zero-order valence-electron chi connectivity index (χ0n) is 10.9. The fourth-order valence-electron chi connectivity index (χ4n) is 2.33. The molecule has 0 N–H and O–H groups in total. The summed E-state index contributed by atoms with van der Waals surface area (Å²) in [7, 11) is 0. The van der Waals surface area contributed by atoms with Crippen LogP contribution in [-0.4, -0.2) is 16.6 Å². The van der Waals surface area contributed by atoms with E-state index in [0.717, 1.165) is 15.7 Å². The quantitative estimate of drug-likeness (QED) is 0.842. The van der Waals surface area contributed by atoms with Crippen LogP contribution in [0.25, 0.3) is 0 Å². The molecule has 0 saturated heterocycles. The molecular formula is C14H17BrN2O. The van der Waals surface area contributed by atoms with Crippen LogP contribution < -0.4 is 0 Å². The number of benzene rings is 1. The second-order valence-corrected chi connectivity index (χ2v) is 5.90. The van der Waals surface area contributed by atoms with Gasteiger partial charge in [0.05, 0.1) is 12.5 Å². The lowest BCUT2D eigenvalue weighted by molar-refractivity contribution is -0.133. The maximum atomic E-state index is 12.2. The molecule has 0 aliphatic carbocycles. The average Bonchev–Trinajstić information content (AvgIpc) is 2.54. The lowest BCUT2D eigenvalue weighted by atomic mass is 9.92. The first-order valence-electron chi connectivity index (χ1n) is 6.10. The summed E-state index contributed by atoms with van der Waals surface area (Å²) in [5.41, 5.74) is 2.00. The third-order valence-electron chi connectivity index (χ3n) is 3.14. The van der Waals surface area contributed by atoms with Gasteiger partial charge < -0.3 is 0 Å². The lowest BCUT2D eigenvalue weighted by Crippen LogP contribution is -2.30. The van der Waals surface area contributed by atoms with Crippen LogP contribution in [0.4, 0.5) is 0 Å². The Morgan fingerprint density at radius 3 is 2.72 bits per heavy atom. The van der Waals surface area contributed by atoms with E-state index in [9.17, 15) is 4.79 Å². The van der Waals surface area contributed by atoms with Crippen LogP contribution in [0.15, 0.2) is 33.8 Å². The minimum absolute atomic E-state index is 0.0582. The van der Waals surface area contributed by atoms with E-state index < -0.39 is 0 Å². The third kappa shape index (κ3) is 2.64. The summed E-state index contributed by atoms with van der Waals surface area (Å²) < 4.78 is 1.02. The zero-order valence-corrected chi connectivity index (χ0v) is 12.4. The van der Waals surface area contributed by atoms with Gasteiger partial charge in [0.2, 0.25) is 0 Å². The molecule has 1 aromatic carbocycles. The summed E-state index contributed by atoms with van der Waals surface area (Å²) in [6.45, 7) is 6.59. The van der Waals surface area contributed by atoms with E-state index >= 15 is 0 Å². The molecule has 96 valence electrons. The maximum Gasteiger partial charge on any atom is 0.252 e. The Kier molecular flexibility index (Phi) is 3.85. The number of carbonyl (C=O) groups is 1. The second kappa shape index (κ2) is 5.22. The highest BCUT2D eigenvalue weighted by Gasteiger charge is 2.35. The molecule has 1 aliphatic heterocycles. The number of carbonyl (C=O) groups excluding carboxylic acids is 1. The van der Waals surface area contributed by atoms with Crippen molar-refractivity contribution in [3.63, 3.8) is 0 Å². The predicted molar refractivity (Wildman–Crippen MR) is 76.1 cm³/mol. The number of hydrogen-bond acceptors (Lipinski definition) is 2. The first kappa shape index (κ1) is 13.3. The van der Waals surface area contributed by atoms with Crippen molar-refractivity contribution < 1.29 is 4.79 Å². The van der Waals surface area contributed by atoms with Crippen LogP contribution in [-0.2, 0) is 11.3 Å². The van der Waals surface area contributed by atoms with Crippen LogP contribution >= 0.6 is 15.9 Å². The third-order valence-corrected chi connectivity index (χ3v) is 3.63. The molecular weight excluding hydrogens is 292 g/mol. The summed E-state index contributed by atoms with van der Waals surface area (Å²) in [5.74, 6) is 0.355. The second-order valence-electron chi connectivity index (χ2n) is 4.99. The van der Waals surface area contributed by atoms with Crippen molar-refractivity contribution in [1.82, 2.24) is 5.01 Å². The maximum absolute atomic E-state index is 12.2. The van der Waals surface area contributed by atoms with Gasteiger partial charge in [0.1, 0.15) is 0 Å². The van der Waals surface area contributed by atoms with Crippen molar-refractivity contribution in [2.45, 2.75) is 27.3 Å². The molecule has 3 nitrogen and oxygen atoms in total. The van der Waals surface area contributed by atoms with Crippen LogP contribution in [0.1, 0.15) is 26.3 Å². The number of halogens is 1. The smallest absolute Gasteiger partial charge is 0.252 e. The molecule has 0 bridgehead atoms. The van der Waals surface area contributed by atoms with Gasteiger partial charge in [0.15, 0.2) is 0 Å². The number of rotatable bonds is 3. The molecule has 1 atom stereocenters. The Balaban J connectivity index is 2.15. The molecule has 1 heterocycles. The van der Waals surface area contributed by atoms with E-state index in [1.165, 1.54) is 0 Å². The normalized spacial score (nSPS) is 19.6. The topological polar surface area (TPSA) is 32.7 Å². The average molecular weight is 309 g/mol. The van der Waals surface area contributed by atoms with E-state index in [-0.39, 0.29) is 11.8 Å². The Hall–Kier alpha value is -1.16. The summed E-state index contributed by atoms with van der Waals surface area (Å²) >= 11 is 3.43. The summed E-state index contributed by atoms with van der Waals surface area (Å²) in [6.07, 6.45) is 0.